The highest BCUT2D eigenvalue weighted by Crippen LogP contribution is 2.21. The molecule has 16 heavy (non-hydrogen) atoms. The highest BCUT2D eigenvalue weighted by atomic mass is 32.1. The van der Waals surface area contributed by atoms with Gasteiger partial charge in [-0.3, -0.25) is 9.20 Å². The van der Waals surface area contributed by atoms with Crippen molar-refractivity contribution in [3.63, 3.8) is 0 Å². The van der Waals surface area contributed by atoms with E-state index in [0.717, 1.165) is 22.5 Å². The number of imidazole rings is 1. The average molecular weight is 228 g/mol. The fourth-order valence-corrected chi connectivity index (χ4v) is 2.34. The second-order valence-electron chi connectivity index (χ2n) is 3.46. The van der Waals surface area contributed by atoms with E-state index in [4.69, 9.17) is 0 Å². The molecule has 0 amide bonds. The van der Waals surface area contributed by atoms with Crippen molar-refractivity contribution in [1.82, 2.24) is 9.38 Å². The number of nitrogens with zero attached hydrogens (tertiary/aromatic N) is 2. The van der Waals surface area contributed by atoms with Gasteiger partial charge < -0.3 is 0 Å². The summed E-state index contributed by atoms with van der Waals surface area (Å²) in [5.41, 5.74) is 2.55. The van der Waals surface area contributed by atoms with E-state index >= 15 is 0 Å². The van der Waals surface area contributed by atoms with E-state index < -0.39 is 0 Å². The van der Waals surface area contributed by atoms with Gasteiger partial charge in [0.2, 0.25) is 0 Å². The summed E-state index contributed by atoms with van der Waals surface area (Å²) in [6.45, 7) is 0. The Morgan fingerprint density at radius 2 is 2.31 bits per heavy atom. The van der Waals surface area contributed by atoms with Gasteiger partial charge in [-0.25, -0.2) is 4.98 Å². The molecule has 3 aromatic rings. The third kappa shape index (κ3) is 1.44. The van der Waals surface area contributed by atoms with E-state index in [1.54, 1.807) is 17.4 Å². The maximum absolute atomic E-state index is 10.7. The number of benzene rings is 1. The lowest BCUT2D eigenvalue weighted by Crippen LogP contribution is -1.82. The summed E-state index contributed by atoms with van der Waals surface area (Å²) in [6.07, 6.45) is 4.79. The lowest BCUT2D eigenvalue weighted by atomic mass is 10.1. The van der Waals surface area contributed by atoms with Crippen molar-refractivity contribution in [2.24, 2.45) is 0 Å². The fraction of sp³-hybridized carbons (Fsp3) is 0. The Morgan fingerprint density at radius 3 is 3.12 bits per heavy atom. The Kier molecular flexibility index (Phi) is 2.08. The lowest BCUT2D eigenvalue weighted by molar-refractivity contribution is 0.112. The molecule has 2 aromatic heterocycles. The Balaban J connectivity index is 2.14. The van der Waals surface area contributed by atoms with Crippen LogP contribution in [0.25, 0.3) is 16.2 Å². The Hall–Kier alpha value is -1.94. The van der Waals surface area contributed by atoms with Crippen LogP contribution in [0.2, 0.25) is 0 Å². The standard InChI is InChI=1S/C12H8N2OS/c15-8-9-2-1-3-10(6-9)11-7-14-4-5-16-12(14)13-11/h1-8H. The van der Waals surface area contributed by atoms with Crippen LogP contribution in [0.3, 0.4) is 0 Å². The van der Waals surface area contributed by atoms with E-state index in [1.165, 1.54) is 0 Å². The molecule has 4 heteroatoms. The first-order chi connectivity index (χ1) is 7.86. The van der Waals surface area contributed by atoms with Gasteiger partial charge in [-0.1, -0.05) is 18.2 Å². The molecule has 3 nitrogen and oxygen atoms in total. The molecule has 0 aliphatic rings. The molecule has 0 radical (unpaired) electrons. The maximum atomic E-state index is 10.7. The van der Waals surface area contributed by atoms with Gasteiger partial charge in [-0.2, -0.15) is 0 Å². The van der Waals surface area contributed by atoms with Gasteiger partial charge in [0.1, 0.15) is 6.29 Å². The molecule has 0 spiro atoms. The number of hydrogen-bond acceptors (Lipinski definition) is 3. The topological polar surface area (TPSA) is 34.4 Å². The van der Waals surface area contributed by atoms with Crippen LogP contribution < -0.4 is 0 Å². The van der Waals surface area contributed by atoms with Crippen LogP contribution in [0.15, 0.2) is 42.0 Å². The highest BCUT2D eigenvalue weighted by molar-refractivity contribution is 7.15. The molecule has 2 heterocycles. The number of aromatic nitrogens is 2. The first-order valence-corrected chi connectivity index (χ1v) is 5.72. The van der Waals surface area contributed by atoms with E-state index in [1.807, 2.05) is 40.4 Å². The molecule has 0 aliphatic heterocycles. The van der Waals surface area contributed by atoms with Gasteiger partial charge in [-0.05, 0) is 6.07 Å². The summed E-state index contributed by atoms with van der Waals surface area (Å²) in [5, 5.41) is 1.99. The van der Waals surface area contributed by atoms with Crippen LogP contribution in [0.1, 0.15) is 10.4 Å². The molecule has 0 N–H and O–H groups in total. The smallest absolute Gasteiger partial charge is 0.194 e. The second-order valence-corrected chi connectivity index (χ2v) is 4.34. The Bertz CT molecular complexity index is 625. The van der Waals surface area contributed by atoms with Crippen LogP contribution in [-0.2, 0) is 0 Å². The predicted octanol–water partition coefficient (Wildman–Crippen LogP) is 2.88. The number of thiazole rings is 1. The molecule has 0 bridgehead atoms. The predicted molar refractivity (Wildman–Crippen MR) is 63.9 cm³/mol. The van der Waals surface area contributed by atoms with E-state index in [9.17, 15) is 4.79 Å². The zero-order valence-electron chi connectivity index (χ0n) is 8.33. The number of aldehydes is 1. The third-order valence-corrected chi connectivity index (χ3v) is 3.18. The Morgan fingerprint density at radius 1 is 1.38 bits per heavy atom. The molecule has 1 aromatic carbocycles. The van der Waals surface area contributed by atoms with Crippen molar-refractivity contribution in [2.75, 3.05) is 0 Å². The molecule has 3 rings (SSSR count). The Labute approximate surface area is 96.0 Å². The number of carbonyl (C=O) groups is 1. The molecule has 0 unspecified atom stereocenters. The molecule has 78 valence electrons. The first-order valence-electron chi connectivity index (χ1n) is 4.84. The molecule has 0 atom stereocenters. The summed E-state index contributed by atoms with van der Waals surface area (Å²) in [4.78, 5) is 16.1. The van der Waals surface area contributed by atoms with Gasteiger partial charge in [0.05, 0.1) is 5.69 Å². The number of rotatable bonds is 2. The lowest BCUT2D eigenvalue weighted by Gasteiger charge is -1.96. The molecule has 0 saturated heterocycles. The van der Waals surface area contributed by atoms with Crippen molar-refractivity contribution < 1.29 is 4.79 Å². The quantitative estimate of drug-likeness (QED) is 0.632. The van der Waals surface area contributed by atoms with Gasteiger partial charge in [0.15, 0.2) is 4.96 Å². The van der Waals surface area contributed by atoms with E-state index in [-0.39, 0.29) is 0 Å². The van der Waals surface area contributed by atoms with Gasteiger partial charge >= 0.3 is 0 Å². The zero-order valence-corrected chi connectivity index (χ0v) is 9.15. The maximum Gasteiger partial charge on any atom is 0.194 e. The number of fused-ring (bicyclic) bond motifs is 1. The first kappa shape index (κ1) is 9.30. The monoisotopic (exact) mass is 228 g/mol. The zero-order chi connectivity index (χ0) is 11.0. The SMILES string of the molecule is O=Cc1cccc(-c2cn3ccsc3n2)c1. The van der Waals surface area contributed by atoms with Crippen molar-refractivity contribution in [2.45, 2.75) is 0 Å². The minimum absolute atomic E-state index is 0.675. The van der Waals surface area contributed by atoms with Crippen LogP contribution in [0.4, 0.5) is 0 Å². The average Bonchev–Trinajstić information content (AvgIpc) is 2.89. The molecule has 0 saturated carbocycles. The second kappa shape index (κ2) is 3.57. The van der Waals surface area contributed by atoms with Crippen LogP contribution in [0.5, 0.6) is 0 Å². The van der Waals surface area contributed by atoms with Crippen LogP contribution >= 0.6 is 11.3 Å². The largest absolute Gasteiger partial charge is 0.298 e. The van der Waals surface area contributed by atoms with E-state index in [0.29, 0.717) is 5.56 Å². The highest BCUT2D eigenvalue weighted by Gasteiger charge is 2.05. The fourth-order valence-electron chi connectivity index (χ4n) is 1.64. The summed E-state index contributed by atoms with van der Waals surface area (Å²) < 4.78 is 1.98. The van der Waals surface area contributed by atoms with E-state index in [2.05, 4.69) is 4.98 Å². The van der Waals surface area contributed by atoms with Crippen LogP contribution in [0, 0.1) is 0 Å². The third-order valence-electron chi connectivity index (χ3n) is 2.41. The summed E-state index contributed by atoms with van der Waals surface area (Å²) in [7, 11) is 0. The molecular weight excluding hydrogens is 220 g/mol. The minimum Gasteiger partial charge on any atom is -0.298 e. The van der Waals surface area contributed by atoms with Crippen LogP contribution in [-0.4, -0.2) is 15.7 Å². The van der Waals surface area contributed by atoms with Crippen molar-refractivity contribution in [3.05, 3.63) is 47.6 Å². The molecular formula is C12H8N2OS. The van der Waals surface area contributed by atoms with Crippen molar-refractivity contribution >= 4 is 22.6 Å². The number of hydrogen-bond donors (Lipinski definition) is 0. The van der Waals surface area contributed by atoms with Gasteiger partial charge in [-0.15, -0.1) is 11.3 Å². The molecule has 0 aliphatic carbocycles. The van der Waals surface area contributed by atoms with Crippen molar-refractivity contribution in [3.8, 4) is 11.3 Å². The normalized spacial score (nSPS) is 10.8. The van der Waals surface area contributed by atoms with Gasteiger partial charge in [0, 0.05) is 28.9 Å². The van der Waals surface area contributed by atoms with Gasteiger partial charge in [0.25, 0.3) is 0 Å². The summed E-state index contributed by atoms with van der Waals surface area (Å²) >= 11 is 1.60. The van der Waals surface area contributed by atoms with Crippen molar-refractivity contribution in [1.29, 1.82) is 0 Å². The number of carbonyl (C=O) groups excluding carboxylic acids is 1. The summed E-state index contributed by atoms with van der Waals surface area (Å²) in [6, 6.07) is 7.46. The summed E-state index contributed by atoms with van der Waals surface area (Å²) in [5.74, 6) is 0. The minimum atomic E-state index is 0.675. The molecule has 0 fully saturated rings.